The summed E-state index contributed by atoms with van der Waals surface area (Å²) in [7, 11) is 0. The largest absolute Gasteiger partial charge is 0.490 e. The minimum atomic E-state index is -0.412. The highest BCUT2D eigenvalue weighted by Gasteiger charge is 2.04. The lowest BCUT2D eigenvalue weighted by Crippen LogP contribution is -2.11. The molecular formula is C15H13BrFNO2S. The van der Waals surface area contributed by atoms with Crippen LogP contribution in [-0.4, -0.2) is 18.2 Å². The molecule has 0 heterocycles. The van der Waals surface area contributed by atoms with Crippen LogP contribution in [0.3, 0.4) is 0 Å². The Kier molecular flexibility index (Phi) is 5.52. The fourth-order valence-electron chi connectivity index (χ4n) is 1.62. The van der Waals surface area contributed by atoms with Crippen molar-refractivity contribution in [3.05, 3.63) is 58.3 Å². The SMILES string of the molecule is NC(=S)c1ccc(OCCOc2ccc(Br)cc2F)cc1. The number of hydrogen-bond acceptors (Lipinski definition) is 3. The molecule has 0 saturated heterocycles. The Balaban J connectivity index is 1.80. The molecule has 0 radical (unpaired) electrons. The zero-order valence-corrected chi connectivity index (χ0v) is 13.4. The minimum absolute atomic E-state index is 0.200. The molecule has 0 atom stereocenters. The summed E-state index contributed by atoms with van der Waals surface area (Å²) < 4.78 is 25.0. The van der Waals surface area contributed by atoms with Crippen LogP contribution in [0.1, 0.15) is 5.56 Å². The van der Waals surface area contributed by atoms with Crippen LogP contribution in [0.4, 0.5) is 4.39 Å². The summed E-state index contributed by atoms with van der Waals surface area (Å²) in [6, 6.07) is 11.7. The summed E-state index contributed by atoms with van der Waals surface area (Å²) in [5.74, 6) is 0.464. The first-order valence-corrected chi connectivity index (χ1v) is 7.37. The zero-order chi connectivity index (χ0) is 15.2. The van der Waals surface area contributed by atoms with E-state index in [1.165, 1.54) is 6.07 Å². The zero-order valence-electron chi connectivity index (χ0n) is 11.0. The summed E-state index contributed by atoms with van der Waals surface area (Å²) in [4.78, 5) is 0.343. The van der Waals surface area contributed by atoms with Gasteiger partial charge in [0.2, 0.25) is 0 Å². The molecule has 0 saturated carbocycles. The van der Waals surface area contributed by atoms with Gasteiger partial charge in [-0.05, 0) is 42.5 Å². The van der Waals surface area contributed by atoms with Gasteiger partial charge >= 0.3 is 0 Å². The van der Waals surface area contributed by atoms with Crippen LogP contribution in [0.25, 0.3) is 0 Å². The van der Waals surface area contributed by atoms with Gasteiger partial charge in [-0.1, -0.05) is 28.1 Å². The molecule has 2 aromatic rings. The van der Waals surface area contributed by atoms with Gasteiger partial charge in [-0.2, -0.15) is 0 Å². The number of hydrogen-bond donors (Lipinski definition) is 1. The lowest BCUT2D eigenvalue weighted by atomic mass is 10.2. The first-order chi connectivity index (χ1) is 10.1. The molecule has 0 aromatic heterocycles. The summed E-state index contributed by atoms with van der Waals surface area (Å²) in [6.45, 7) is 0.553. The quantitative estimate of drug-likeness (QED) is 0.623. The van der Waals surface area contributed by atoms with Gasteiger partial charge < -0.3 is 15.2 Å². The van der Waals surface area contributed by atoms with Crippen LogP contribution in [0.5, 0.6) is 11.5 Å². The van der Waals surface area contributed by atoms with Gasteiger partial charge in [0.25, 0.3) is 0 Å². The maximum absolute atomic E-state index is 13.5. The van der Waals surface area contributed by atoms with E-state index in [-0.39, 0.29) is 12.4 Å². The maximum atomic E-state index is 13.5. The first kappa shape index (κ1) is 15.7. The normalized spacial score (nSPS) is 10.2. The first-order valence-electron chi connectivity index (χ1n) is 6.17. The minimum Gasteiger partial charge on any atom is -0.490 e. The predicted molar refractivity (Wildman–Crippen MR) is 87.4 cm³/mol. The molecule has 0 aliphatic rings. The Morgan fingerprint density at radius 2 is 1.76 bits per heavy atom. The van der Waals surface area contributed by atoms with Gasteiger partial charge in [0, 0.05) is 10.0 Å². The van der Waals surface area contributed by atoms with Crippen molar-refractivity contribution in [3.63, 3.8) is 0 Å². The number of nitrogens with two attached hydrogens (primary N) is 1. The second kappa shape index (κ2) is 7.38. The Morgan fingerprint density at radius 3 is 2.38 bits per heavy atom. The molecule has 2 aromatic carbocycles. The highest BCUT2D eigenvalue weighted by atomic mass is 79.9. The van der Waals surface area contributed by atoms with Crippen LogP contribution in [0, 0.1) is 5.82 Å². The number of thiocarbonyl (C=S) groups is 1. The van der Waals surface area contributed by atoms with Gasteiger partial charge in [0.05, 0.1) is 0 Å². The van der Waals surface area contributed by atoms with Crippen molar-refractivity contribution in [2.24, 2.45) is 5.73 Å². The van der Waals surface area contributed by atoms with Crippen molar-refractivity contribution in [1.29, 1.82) is 0 Å². The maximum Gasteiger partial charge on any atom is 0.166 e. The average Bonchev–Trinajstić information content (AvgIpc) is 2.46. The number of rotatable bonds is 6. The standard InChI is InChI=1S/C15H13BrFNO2S/c16-11-3-6-14(13(17)9-11)20-8-7-19-12-4-1-10(2-5-12)15(18)21/h1-6,9H,7-8H2,(H2,18,21). The molecule has 2 rings (SSSR count). The van der Waals surface area contributed by atoms with Crippen LogP contribution in [0.2, 0.25) is 0 Å². The smallest absolute Gasteiger partial charge is 0.166 e. The van der Waals surface area contributed by atoms with Crippen LogP contribution >= 0.6 is 28.1 Å². The van der Waals surface area contributed by atoms with E-state index in [2.05, 4.69) is 15.9 Å². The molecule has 0 aliphatic heterocycles. The molecule has 0 spiro atoms. The molecule has 110 valence electrons. The van der Waals surface area contributed by atoms with Crippen molar-refractivity contribution in [1.82, 2.24) is 0 Å². The number of ether oxygens (including phenoxy) is 2. The molecule has 0 unspecified atom stereocenters. The topological polar surface area (TPSA) is 44.5 Å². The van der Waals surface area contributed by atoms with Gasteiger partial charge in [-0.15, -0.1) is 0 Å². The Hall–Kier alpha value is -1.66. The summed E-state index contributed by atoms with van der Waals surface area (Å²) in [6.07, 6.45) is 0. The second-order valence-corrected chi connectivity index (χ2v) is 5.52. The Labute approximate surface area is 136 Å². The molecule has 21 heavy (non-hydrogen) atoms. The summed E-state index contributed by atoms with van der Waals surface area (Å²) in [5, 5.41) is 0. The Morgan fingerprint density at radius 1 is 1.10 bits per heavy atom. The van der Waals surface area contributed by atoms with E-state index in [0.29, 0.717) is 21.8 Å². The number of halogens is 2. The lowest BCUT2D eigenvalue weighted by molar-refractivity contribution is 0.211. The van der Waals surface area contributed by atoms with E-state index in [1.807, 2.05) is 0 Å². The third kappa shape index (κ3) is 4.68. The monoisotopic (exact) mass is 369 g/mol. The molecule has 0 fully saturated rings. The highest BCUT2D eigenvalue weighted by molar-refractivity contribution is 9.10. The fourth-order valence-corrected chi connectivity index (χ4v) is 2.09. The average molecular weight is 370 g/mol. The third-order valence-electron chi connectivity index (χ3n) is 2.64. The van der Waals surface area contributed by atoms with Crippen LogP contribution in [0.15, 0.2) is 46.9 Å². The van der Waals surface area contributed by atoms with Crippen molar-refractivity contribution < 1.29 is 13.9 Å². The van der Waals surface area contributed by atoms with Crippen molar-refractivity contribution in [3.8, 4) is 11.5 Å². The molecule has 0 amide bonds. The van der Waals surface area contributed by atoms with E-state index >= 15 is 0 Å². The second-order valence-electron chi connectivity index (χ2n) is 4.16. The van der Waals surface area contributed by atoms with E-state index in [1.54, 1.807) is 36.4 Å². The van der Waals surface area contributed by atoms with Gasteiger partial charge in [-0.25, -0.2) is 4.39 Å². The molecule has 3 nitrogen and oxygen atoms in total. The van der Waals surface area contributed by atoms with E-state index in [0.717, 1.165) is 5.56 Å². The van der Waals surface area contributed by atoms with Gasteiger partial charge in [0.1, 0.15) is 24.0 Å². The van der Waals surface area contributed by atoms with Crippen molar-refractivity contribution >= 4 is 33.1 Å². The molecule has 2 N–H and O–H groups in total. The fraction of sp³-hybridized carbons (Fsp3) is 0.133. The summed E-state index contributed by atoms with van der Waals surface area (Å²) >= 11 is 8.05. The summed E-state index contributed by atoms with van der Waals surface area (Å²) in [5.41, 5.74) is 6.29. The molecule has 0 bridgehead atoms. The van der Waals surface area contributed by atoms with Gasteiger partial charge in [0.15, 0.2) is 11.6 Å². The Bertz CT molecular complexity index is 634. The predicted octanol–water partition coefficient (Wildman–Crippen LogP) is 3.68. The highest BCUT2D eigenvalue weighted by Crippen LogP contribution is 2.21. The number of benzene rings is 2. The third-order valence-corrected chi connectivity index (χ3v) is 3.37. The van der Waals surface area contributed by atoms with Crippen LogP contribution in [-0.2, 0) is 0 Å². The molecular weight excluding hydrogens is 357 g/mol. The van der Waals surface area contributed by atoms with E-state index in [9.17, 15) is 4.39 Å². The lowest BCUT2D eigenvalue weighted by Gasteiger charge is -2.09. The van der Waals surface area contributed by atoms with E-state index in [4.69, 9.17) is 27.4 Å². The van der Waals surface area contributed by atoms with Gasteiger partial charge in [-0.3, -0.25) is 0 Å². The van der Waals surface area contributed by atoms with E-state index < -0.39 is 5.82 Å². The van der Waals surface area contributed by atoms with Crippen LogP contribution < -0.4 is 15.2 Å². The molecule has 0 aliphatic carbocycles. The molecule has 6 heteroatoms. The van der Waals surface area contributed by atoms with Crippen molar-refractivity contribution in [2.45, 2.75) is 0 Å². The van der Waals surface area contributed by atoms with Crippen molar-refractivity contribution in [2.75, 3.05) is 13.2 Å².